The highest BCUT2D eigenvalue weighted by Crippen LogP contribution is 2.32. The molecular weight excluding hydrogens is 362 g/mol. The van der Waals surface area contributed by atoms with E-state index in [0.29, 0.717) is 4.34 Å². The summed E-state index contributed by atoms with van der Waals surface area (Å²) in [5, 5.41) is 7.86. The molecule has 0 fully saturated rings. The third-order valence-corrected chi connectivity index (χ3v) is 7.02. The van der Waals surface area contributed by atoms with Gasteiger partial charge in [0.05, 0.1) is 11.0 Å². The minimum Gasteiger partial charge on any atom is -0.369 e. The Kier molecular flexibility index (Phi) is 5.57. The Balaban J connectivity index is 1.63. The lowest BCUT2D eigenvalue weighted by molar-refractivity contribution is -0.115. The largest absolute Gasteiger partial charge is 0.369 e. The average molecular weight is 380 g/mol. The van der Waals surface area contributed by atoms with Crippen LogP contribution < -0.4 is 5.73 Å². The van der Waals surface area contributed by atoms with Gasteiger partial charge in [-0.3, -0.25) is 9.59 Å². The Bertz CT molecular complexity index is 776. The van der Waals surface area contributed by atoms with Gasteiger partial charge in [-0.1, -0.05) is 47.0 Å². The van der Waals surface area contributed by atoms with Gasteiger partial charge in [-0.05, 0) is 43.4 Å². The van der Waals surface area contributed by atoms with Crippen LogP contribution in [0.3, 0.4) is 0 Å². The summed E-state index contributed by atoms with van der Waals surface area (Å²) in [6, 6.07) is 6.05. The first-order valence-electron chi connectivity index (χ1n) is 7.60. The molecule has 0 aliphatic heterocycles. The second-order valence-corrected chi connectivity index (χ2v) is 9.34. The molecule has 0 saturated carbocycles. The van der Waals surface area contributed by atoms with Crippen LogP contribution in [0.2, 0.25) is 0 Å². The summed E-state index contributed by atoms with van der Waals surface area (Å²) in [6.45, 7) is 1.89. The second kappa shape index (κ2) is 7.67. The molecule has 1 aliphatic carbocycles. The van der Waals surface area contributed by atoms with Crippen LogP contribution >= 0.6 is 34.9 Å². The number of aromatic nitrogens is 2. The van der Waals surface area contributed by atoms with Crippen LogP contribution in [0, 0.1) is 0 Å². The summed E-state index contributed by atoms with van der Waals surface area (Å²) in [5.41, 5.74) is 8.56. The maximum absolute atomic E-state index is 12.6. The zero-order valence-electron chi connectivity index (χ0n) is 13.2. The molecule has 1 atom stereocenters. The number of ketones is 1. The minimum atomic E-state index is -0.385. The molecule has 1 heterocycles. The number of amides is 1. The Morgan fingerprint density at radius 3 is 2.79 bits per heavy atom. The molecule has 24 heavy (non-hydrogen) atoms. The van der Waals surface area contributed by atoms with Gasteiger partial charge in [-0.2, -0.15) is 0 Å². The van der Waals surface area contributed by atoms with Crippen LogP contribution in [-0.2, 0) is 17.6 Å². The number of carbonyl (C=O) groups is 2. The summed E-state index contributed by atoms with van der Waals surface area (Å²) in [7, 11) is 0. The minimum absolute atomic E-state index is 0.108. The number of hydrogen-bond acceptors (Lipinski definition) is 7. The highest BCUT2D eigenvalue weighted by atomic mass is 32.2. The van der Waals surface area contributed by atoms with Gasteiger partial charge in [0.25, 0.3) is 0 Å². The fraction of sp³-hybridized carbons (Fsp3) is 0.375. The standard InChI is InChI=1S/C16H17N3O2S3/c1-9(23-16-19-18-15(24-16)22-8-13(17)20)14(21)12-6-5-10-3-2-4-11(10)7-12/h5-7,9H,2-4,8H2,1H3,(H2,17,20). The first-order chi connectivity index (χ1) is 11.5. The number of thioether (sulfide) groups is 2. The van der Waals surface area contributed by atoms with E-state index in [-0.39, 0.29) is 22.7 Å². The van der Waals surface area contributed by atoms with Gasteiger partial charge in [-0.25, -0.2) is 0 Å². The molecule has 1 amide bonds. The zero-order chi connectivity index (χ0) is 17.1. The quantitative estimate of drug-likeness (QED) is 0.588. The number of benzene rings is 1. The molecule has 1 aliphatic rings. The molecule has 0 bridgehead atoms. The fourth-order valence-corrected chi connectivity index (χ4v) is 5.58. The van der Waals surface area contributed by atoms with Gasteiger partial charge in [0.15, 0.2) is 14.5 Å². The molecule has 0 radical (unpaired) electrons. The first-order valence-corrected chi connectivity index (χ1v) is 10.3. The van der Waals surface area contributed by atoms with Crippen LogP contribution in [0.15, 0.2) is 26.9 Å². The van der Waals surface area contributed by atoms with Gasteiger partial charge in [0, 0.05) is 5.56 Å². The van der Waals surface area contributed by atoms with Gasteiger partial charge in [0.1, 0.15) is 0 Å². The molecule has 2 N–H and O–H groups in total. The van der Waals surface area contributed by atoms with Crippen LogP contribution in [0.1, 0.15) is 34.8 Å². The first kappa shape index (κ1) is 17.4. The number of Topliss-reactive ketones (excluding diaryl/α,β-unsaturated/α-hetero) is 1. The number of carbonyl (C=O) groups excluding carboxylic acids is 2. The summed E-state index contributed by atoms with van der Waals surface area (Å²) in [4.78, 5) is 23.4. The van der Waals surface area contributed by atoms with E-state index >= 15 is 0 Å². The Morgan fingerprint density at radius 2 is 2.00 bits per heavy atom. The van der Waals surface area contributed by atoms with Crippen molar-refractivity contribution in [2.75, 3.05) is 5.75 Å². The van der Waals surface area contributed by atoms with Gasteiger partial charge >= 0.3 is 0 Å². The lowest BCUT2D eigenvalue weighted by atomic mass is 10.0. The number of primary amides is 1. The van der Waals surface area contributed by atoms with E-state index in [1.54, 1.807) is 0 Å². The van der Waals surface area contributed by atoms with Crippen molar-refractivity contribution >= 4 is 46.6 Å². The van der Waals surface area contributed by atoms with Gasteiger partial charge in [0.2, 0.25) is 5.91 Å². The van der Waals surface area contributed by atoms with E-state index in [0.717, 1.165) is 22.7 Å². The molecule has 3 rings (SSSR count). The predicted octanol–water partition coefficient (Wildman–Crippen LogP) is 2.97. The molecule has 5 nitrogen and oxygen atoms in total. The van der Waals surface area contributed by atoms with E-state index in [4.69, 9.17) is 5.73 Å². The van der Waals surface area contributed by atoms with E-state index < -0.39 is 0 Å². The van der Waals surface area contributed by atoms with E-state index in [2.05, 4.69) is 16.3 Å². The topological polar surface area (TPSA) is 85.9 Å². The maximum atomic E-state index is 12.6. The van der Waals surface area contributed by atoms with Crippen molar-refractivity contribution in [2.45, 2.75) is 40.1 Å². The van der Waals surface area contributed by atoms with Crippen molar-refractivity contribution in [3.05, 3.63) is 34.9 Å². The monoisotopic (exact) mass is 379 g/mol. The van der Waals surface area contributed by atoms with Crippen molar-refractivity contribution in [1.82, 2.24) is 10.2 Å². The molecule has 1 unspecified atom stereocenters. The van der Waals surface area contributed by atoms with E-state index in [1.165, 1.54) is 52.4 Å². The Hall–Kier alpha value is -1.38. The van der Waals surface area contributed by atoms with Crippen LogP contribution in [0.5, 0.6) is 0 Å². The number of aryl methyl sites for hydroxylation is 2. The number of rotatable bonds is 7. The molecule has 126 valence electrons. The number of hydrogen-bond donors (Lipinski definition) is 1. The zero-order valence-corrected chi connectivity index (χ0v) is 15.6. The van der Waals surface area contributed by atoms with Crippen molar-refractivity contribution < 1.29 is 9.59 Å². The number of nitrogens with zero attached hydrogens (tertiary/aromatic N) is 2. The van der Waals surface area contributed by atoms with E-state index in [9.17, 15) is 9.59 Å². The van der Waals surface area contributed by atoms with E-state index in [1.807, 2.05) is 19.1 Å². The Labute approximate surface area is 152 Å². The van der Waals surface area contributed by atoms with Crippen molar-refractivity contribution in [2.24, 2.45) is 5.73 Å². The van der Waals surface area contributed by atoms with Crippen LogP contribution in [-0.4, -0.2) is 32.9 Å². The third-order valence-electron chi connectivity index (χ3n) is 3.76. The smallest absolute Gasteiger partial charge is 0.227 e. The molecule has 0 saturated heterocycles. The Morgan fingerprint density at radius 1 is 1.25 bits per heavy atom. The highest BCUT2D eigenvalue weighted by Gasteiger charge is 2.21. The van der Waals surface area contributed by atoms with Crippen LogP contribution in [0.25, 0.3) is 0 Å². The van der Waals surface area contributed by atoms with Crippen molar-refractivity contribution in [1.29, 1.82) is 0 Å². The summed E-state index contributed by atoms with van der Waals surface area (Å²) >= 11 is 4.05. The van der Waals surface area contributed by atoms with Gasteiger partial charge < -0.3 is 5.73 Å². The molecule has 1 aromatic carbocycles. The molecule has 2 aromatic rings. The number of fused-ring (bicyclic) bond motifs is 1. The lowest BCUT2D eigenvalue weighted by Gasteiger charge is -2.09. The third kappa shape index (κ3) is 4.17. The lowest BCUT2D eigenvalue weighted by Crippen LogP contribution is -2.13. The molecule has 1 aromatic heterocycles. The SMILES string of the molecule is CC(Sc1nnc(SCC(N)=O)s1)C(=O)c1ccc2c(c1)CCC2. The number of nitrogens with two attached hydrogens (primary N) is 1. The maximum Gasteiger partial charge on any atom is 0.227 e. The second-order valence-electron chi connectivity index (χ2n) is 5.55. The summed E-state index contributed by atoms with van der Waals surface area (Å²) in [6.07, 6.45) is 3.35. The van der Waals surface area contributed by atoms with Crippen molar-refractivity contribution in [3.8, 4) is 0 Å². The molecule has 0 spiro atoms. The van der Waals surface area contributed by atoms with Crippen molar-refractivity contribution in [3.63, 3.8) is 0 Å². The van der Waals surface area contributed by atoms with Gasteiger partial charge in [-0.15, -0.1) is 10.2 Å². The average Bonchev–Trinajstić information content (AvgIpc) is 3.20. The predicted molar refractivity (Wildman–Crippen MR) is 97.9 cm³/mol. The normalized spacial score (nSPS) is 14.4. The molecular formula is C16H17N3O2S3. The summed E-state index contributed by atoms with van der Waals surface area (Å²) < 4.78 is 1.41. The highest BCUT2D eigenvalue weighted by molar-refractivity contribution is 8.04. The molecule has 8 heteroatoms. The summed E-state index contributed by atoms with van der Waals surface area (Å²) in [5.74, 6) is -0.0936. The fourth-order valence-electron chi connectivity index (χ4n) is 2.60. The van der Waals surface area contributed by atoms with Crippen LogP contribution in [0.4, 0.5) is 0 Å².